The van der Waals surface area contributed by atoms with Crippen molar-refractivity contribution in [3.05, 3.63) is 42.2 Å². The molecular weight excluding hydrogens is 234 g/mol. The quantitative estimate of drug-likeness (QED) is 0.859. The highest BCUT2D eigenvalue weighted by molar-refractivity contribution is 5.84. The van der Waals surface area contributed by atoms with Crippen molar-refractivity contribution in [1.82, 2.24) is 15.2 Å². The van der Waals surface area contributed by atoms with Crippen LogP contribution in [0, 0.1) is 0 Å². The van der Waals surface area contributed by atoms with E-state index in [0.717, 1.165) is 25.7 Å². The van der Waals surface area contributed by atoms with Crippen LogP contribution in [0.15, 0.2) is 36.5 Å². The van der Waals surface area contributed by atoms with Crippen LogP contribution in [0.4, 0.5) is 0 Å². The minimum Gasteiger partial charge on any atom is -0.313 e. The van der Waals surface area contributed by atoms with Crippen LogP contribution in [0.2, 0.25) is 0 Å². The molecule has 0 saturated heterocycles. The second-order valence-electron chi connectivity index (χ2n) is 5.44. The smallest absolute Gasteiger partial charge is 0.0622 e. The molecule has 2 aromatic rings. The van der Waals surface area contributed by atoms with Crippen molar-refractivity contribution >= 4 is 10.8 Å². The van der Waals surface area contributed by atoms with E-state index in [0.29, 0.717) is 0 Å². The fourth-order valence-corrected chi connectivity index (χ4v) is 2.39. The van der Waals surface area contributed by atoms with Gasteiger partial charge in [-0.1, -0.05) is 24.3 Å². The number of benzene rings is 1. The Balaban J connectivity index is 1.63. The van der Waals surface area contributed by atoms with E-state index in [1.54, 1.807) is 0 Å². The van der Waals surface area contributed by atoms with E-state index in [-0.39, 0.29) is 0 Å². The molecule has 1 aromatic carbocycles. The Kier molecular flexibility index (Phi) is 3.76. The molecule has 1 N–H and O–H groups in total. The Morgan fingerprint density at radius 1 is 1.26 bits per heavy atom. The average molecular weight is 255 g/mol. The van der Waals surface area contributed by atoms with Gasteiger partial charge < -0.3 is 5.32 Å². The normalized spacial score (nSPS) is 15.3. The predicted molar refractivity (Wildman–Crippen MR) is 79.1 cm³/mol. The number of rotatable bonds is 6. The first kappa shape index (κ1) is 12.6. The highest BCUT2D eigenvalue weighted by Crippen LogP contribution is 2.19. The number of hydrogen-bond acceptors (Lipinski definition) is 3. The molecular formula is C16H21N3. The van der Waals surface area contributed by atoms with Crippen LogP contribution in [0.3, 0.4) is 0 Å². The zero-order valence-electron chi connectivity index (χ0n) is 11.5. The topological polar surface area (TPSA) is 28.2 Å². The molecule has 0 spiro atoms. The maximum atomic E-state index is 4.54. The second-order valence-corrected chi connectivity index (χ2v) is 5.44. The molecule has 0 aliphatic heterocycles. The number of pyridine rings is 1. The third-order valence-corrected chi connectivity index (χ3v) is 3.68. The van der Waals surface area contributed by atoms with Gasteiger partial charge in [0.15, 0.2) is 0 Å². The average Bonchev–Trinajstić information content (AvgIpc) is 3.23. The highest BCUT2D eigenvalue weighted by Gasteiger charge is 2.19. The third kappa shape index (κ3) is 3.31. The van der Waals surface area contributed by atoms with E-state index in [1.807, 2.05) is 6.20 Å². The number of fused-ring (bicyclic) bond motifs is 1. The molecule has 19 heavy (non-hydrogen) atoms. The molecule has 1 aromatic heterocycles. The predicted octanol–water partition coefficient (Wildman–Crippen LogP) is 2.42. The van der Waals surface area contributed by atoms with Crippen LogP contribution in [-0.2, 0) is 6.54 Å². The van der Waals surface area contributed by atoms with Crippen LogP contribution in [0.25, 0.3) is 10.8 Å². The molecule has 0 amide bonds. The molecule has 0 atom stereocenters. The van der Waals surface area contributed by atoms with Crippen LogP contribution < -0.4 is 5.32 Å². The summed E-state index contributed by atoms with van der Waals surface area (Å²) in [5, 5.41) is 6.09. The Morgan fingerprint density at radius 2 is 2.11 bits per heavy atom. The van der Waals surface area contributed by atoms with Gasteiger partial charge in [0.1, 0.15) is 0 Å². The van der Waals surface area contributed by atoms with Gasteiger partial charge in [-0.2, -0.15) is 0 Å². The lowest BCUT2D eigenvalue weighted by molar-refractivity contribution is 0.321. The molecule has 1 aliphatic rings. The van der Waals surface area contributed by atoms with Gasteiger partial charge in [-0.25, -0.2) is 0 Å². The minimum atomic E-state index is 0.795. The maximum Gasteiger partial charge on any atom is 0.0622 e. The number of nitrogens with one attached hydrogen (secondary N) is 1. The summed E-state index contributed by atoms with van der Waals surface area (Å²) in [7, 11) is 2.16. The summed E-state index contributed by atoms with van der Waals surface area (Å²) in [6.45, 7) is 3.06. The van der Waals surface area contributed by atoms with Gasteiger partial charge in [-0.15, -0.1) is 0 Å². The van der Waals surface area contributed by atoms with Gasteiger partial charge in [0.05, 0.1) is 5.69 Å². The van der Waals surface area contributed by atoms with Gasteiger partial charge in [-0.3, -0.25) is 9.88 Å². The van der Waals surface area contributed by atoms with E-state index in [9.17, 15) is 0 Å². The van der Waals surface area contributed by atoms with E-state index in [1.165, 1.54) is 29.3 Å². The molecule has 0 bridgehead atoms. The molecule has 3 heteroatoms. The molecule has 1 aliphatic carbocycles. The summed E-state index contributed by atoms with van der Waals surface area (Å²) in [4.78, 5) is 6.88. The first-order valence-electron chi connectivity index (χ1n) is 7.07. The fourth-order valence-electron chi connectivity index (χ4n) is 2.39. The van der Waals surface area contributed by atoms with Crippen molar-refractivity contribution in [2.24, 2.45) is 0 Å². The van der Waals surface area contributed by atoms with Crippen LogP contribution >= 0.6 is 0 Å². The Bertz CT molecular complexity index is 543. The monoisotopic (exact) mass is 255 g/mol. The summed E-state index contributed by atoms with van der Waals surface area (Å²) < 4.78 is 0. The standard InChI is InChI=1S/C16H21N3/c1-19(11-10-17-14-6-7-14)12-16-15-5-3-2-4-13(15)8-9-18-16/h2-5,8-9,14,17H,6-7,10-12H2,1H3. The zero-order valence-corrected chi connectivity index (χ0v) is 11.5. The van der Waals surface area contributed by atoms with Gasteiger partial charge >= 0.3 is 0 Å². The van der Waals surface area contributed by atoms with Crippen molar-refractivity contribution in [1.29, 1.82) is 0 Å². The number of aromatic nitrogens is 1. The van der Waals surface area contributed by atoms with E-state index >= 15 is 0 Å². The summed E-state index contributed by atoms with van der Waals surface area (Å²) in [6.07, 6.45) is 4.62. The third-order valence-electron chi connectivity index (χ3n) is 3.68. The lowest BCUT2D eigenvalue weighted by Crippen LogP contribution is -2.30. The van der Waals surface area contributed by atoms with E-state index in [4.69, 9.17) is 0 Å². The maximum absolute atomic E-state index is 4.54. The second kappa shape index (κ2) is 5.68. The molecule has 0 unspecified atom stereocenters. The summed E-state index contributed by atoms with van der Waals surface area (Å²) in [6, 6.07) is 11.3. The molecule has 100 valence electrons. The van der Waals surface area contributed by atoms with Crippen molar-refractivity contribution in [2.45, 2.75) is 25.4 Å². The van der Waals surface area contributed by atoms with Crippen molar-refractivity contribution in [3.63, 3.8) is 0 Å². The highest BCUT2D eigenvalue weighted by atomic mass is 15.1. The van der Waals surface area contributed by atoms with E-state index in [2.05, 4.69) is 52.6 Å². The van der Waals surface area contributed by atoms with Gasteiger partial charge in [0, 0.05) is 37.3 Å². The Labute approximate surface area is 114 Å². The lowest BCUT2D eigenvalue weighted by Gasteiger charge is -2.17. The first-order chi connectivity index (χ1) is 9.33. The SMILES string of the molecule is CN(CCNC1CC1)Cc1nccc2ccccc12. The van der Waals surface area contributed by atoms with E-state index < -0.39 is 0 Å². The van der Waals surface area contributed by atoms with Gasteiger partial charge in [-0.05, 0) is 31.3 Å². The Morgan fingerprint density at radius 3 is 2.95 bits per heavy atom. The molecule has 1 fully saturated rings. The number of hydrogen-bond donors (Lipinski definition) is 1. The number of nitrogens with zero attached hydrogens (tertiary/aromatic N) is 2. The molecule has 0 radical (unpaired) electrons. The summed E-state index contributed by atoms with van der Waals surface area (Å²) in [5.74, 6) is 0. The fraction of sp³-hybridized carbons (Fsp3) is 0.438. The lowest BCUT2D eigenvalue weighted by atomic mass is 10.1. The van der Waals surface area contributed by atoms with Crippen LogP contribution in [-0.4, -0.2) is 36.1 Å². The summed E-state index contributed by atoms with van der Waals surface area (Å²) in [5.41, 5.74) is 1.17. The van der Waals surface area contributed by atoms with Crippen molar-refractivity contribution in [3.8, 4) is 0 Å². The zero-order chi connectivity index (χ0) is 13.1. The summed E-state index contributed by atoms with van der Waals surface area (Å²) >= 11 is 0. The van der Waals surface area contributed by atoms with Crippen LogP contribution in [0.1, 0.15) is 18.5 Å². The van der Waals surface area contributed by atoms with Gasteiger partial charge in [0.2, 0.25) is 0 Å². The molecule has 3 nitrogen and oxygen atoms in total. The van der Waals surface area contributed by atoms with Crippen LogP contribution in [0.5, 0.6) is 0 Å². The van der Waals surface area contributed by atoms with Gasteiger partial charge in [0.25, 0.3) is 0 Å². The molecule has 1 saturated carbocycles. The first-order valence-corrected chi connectivity index (χ1v) is 7.07. The van der Waals surface area contributed by atoms with Crippen molar-refractivity contribution < 1.29 is 0 Å². The minimum absolute atomic E-state index is 0.795. The molecule has 3 rings (SSSR count). The van der Waals surface area contributed by atoms with Crippen molar-refractivity contribution in [2.75, 3.05) is 20.1 Å². The Hall–Kier alpha value is -1.45. The largest absolute Gasteiger partial charge is 0.313 e. The number of likely N-dealkylation sites (N-methyl/N-ethyl adjacent to an activating group) is 1. The molecule has 1 heterocycles.